The molecule has 0 radical (unpaired) electrons. The van der Waals surface area contributed by atoms with Crippen LogP contribution in [0.4, 0.5) is 4.79 Å². The molecule has 0 aromatic carbocycles. The first-order chi connectivity index (χ1) is 8.85. The van der Waals surface area contributed by atoms with E-state index in [4.69, 9.17) is 4.74 Å². The van der Waals surface area contributed by atoms with E-state index >= 15 is 0 Å². The van der Waals surface area contributed by atoms with Gasteiger partial charge in [-0.3, -0.25) is 0 Å². The van der Waals surface area contributed by atoms with Crippen molar-refractivity contribution in [2.45, 2.75) is 38.7 Å². The number of nitrogens with one attached hydrogen (secondary N) is 1. The Labute approximate surface area is 111 Å². The number of ether oxygens (including phenoxy) is 1. The van der Waals surface area contributed by atoms with E-state index in [1.807, 2.05) is 20.8 Å². The lowest BCUT2D eigenvalue weighted by Crippen LogP contribution is -2.35. The van der Waals surface area contributed by atoms with Gasteiger partial charge in [0.05, 0.1) is 0 Å². The number of aromatic nitrogens is 2. The Balaban J connectivity index is 1.98. The van der Waals surface area contributed by atoms with E-state index in [-0.39, 0.29) is 17.7 Å². The number of hydrogen-bond donors (Lipinski definition) is 1. The second-order valence-electron chi connectivity index (χ2n) is 5.76. The number of rotatable bonds is 1. The van der Waals surface area contributed by atoms with Gasteiger partial charge in [-0.05, 0) is 32.8 Å². The van der Waals surface area contributed by atoms with Crippen molar-refractivity contribution in [2.75, 3.05) is 13.1 Å². The maximum absolute atomic E-state index is 11.9. The predicted molar refractivity (Wildman–Crippen MR) is 70.0 cm³/mol. The zero-order valence-electron chi connectivity index (χ0n) is 11.5. The molecule has 1 fully saturated rings. The van der Waals surface area contributed by atoms with E-state index in [2.05, 4.69) is 9.97 Å². The highest BCUT2D eigenvalue weighted by molar-refractivity contribution is 5.68. The minimum Gasteiger partial charge on any atom is -0.444 e. The molecular formula is C13H19N3O3. The fourth-order valence-corrected chi connectivity index (χ4v) is 2.10. The first kappa shape index (κ1) is 13.6. The minimum atomic E-state index is -0.477. The summed E-state index contributed by atoms with van der Waals surface area (Å²) in [6, 6.07) is 0. The molecule has 104 valence electrons. The normalized spacial score (nSPS) is 19.5. The Morgan fingerprint density at radius 2 is 2.26 bits per heavy atom. The summed E-state index contributed by atoms with van der Waals surface area (Å²) >= 11 is 0. The van der Waals surface area contributed by atoms with E-state index < -0.39 is 5.60 Å². The summed E-state index contributed by atoms with van der Waals surface area (Å²) in [4.78, 5) is 30.8. The second kappa shape index (κ2) is 5.03. The number of amides is 1. The lowest BCUT2D eigenvalue weighted by Gasteiger charge is -2.24. The zero-order valence-corrected chi connectivity index (χ0v) is 11.5. The third-order valence-corrected chi connectivity index (χ3v) is 3.00. The molecule has 1 N–H and O–H groups in total. The van der Waals surface area contributed by atoms with Crippen molar-refractivity contribution in [3.05, 3.63) is 28.4 Å². The first-order valence-corrected chi connectivity index (χ1v) is 6.38. The molecule has 19 heavy (non-hydrogen) atoms. The molecule has 1 aromatic rings. The summed E-state index contributed by atoms with van der Waals surface area (Å²) in [6.07, 6.45) is 3.81. The van der Waals surface area contributed by atoms with Crippen LogP contribution in [0.5, 0.6) is 0 Å². The molecule has 1 aromatic heterocycles. The van der Waals surface area contributed by atoms with E-state index in [0.29, 0.717) is 13.1 Å². The van der Waals surface area contributed by atoms with Crippen molar-refractivity contribution in [2.24, 2.45) is 0 Å². The molecule has 0 saturated carbocycles. The van der Waals surface area contributed by atoms with Gasteiger partial charge in [-0.25, -0.2) is 14.6 Å². The fraction of sp³-hybridized carbons (Fsp3) is 0.615. The Morgan fingerprint density at radius 3 is 2.84 bits per heavy atom. The Morgan fingerprint density at radius 1 is 1.53 bits per heavy atom. The molecule has 1 atom stereocenters. The largest absolute Gasteiger partial charge is 0.444 e. The summed E-state index contributed by atoms with van der Waals surface area (Å²) < 4.78 is 5.34. The van der Waals surface area contributed by atoms with Crippen LogP contribution in [0, 0.1) is 0 Å². The van der Waals surface area contributed by atoms with E-state index in [9.17, 15) is 9.59 Å². The van der Waals surface area contributed by atoms with Crippen molar-refractivity contribution in [1.29, 1.82) is 0 Å². The summed E-state index contributed by atoms with van der Waals surface area (Å²) in [7, 11) is 0. The van der Waals surface area contributed by atoms with Gasteiger partial charge < -0.3 is 14.6 Å². The average molecular weight is 265 g/mol. The smallest absolute Gasteiger partial charge is 0.410 e. The third kappa shape index (κ3) is 3.56. The van der Waals surface area contributed by atoms with E-state index in [1.165, 1.54) is 0 Å². The summed E-state index contributed by atoms with van der Waals surface area (Å²) in [6.45, 7) is 6.82. The van der Waals surface area contributed by atoms with Crippen molar-refractivity contribution in [1.82, 2.24) is 14.9 Å². The van der Waals surface area contributed by atoms with Crippen molar-refractivity contribution >= 4 is 6.09 Å². The van der Waals surface area contributed by atoms with Crippen molar-refractivity contribution in [3.63, 3.8) is 0 Å². The summed E-state index contributed by atoms with van der Waals surface area (Å²) in [5.74, 6) is 0.205. The predicted octanol–water partition coefficient (Wildman–Crippen LogP) is 1.49. The van der Waals surface area contributed by atoms with Crippen molar-refractivity contribution in [3.8, 4) is 0 Å². The quantitative estimate of drug-likeness (QED) is 0.834. The van der Waals surface area contributed by atoms with Crippen LogP contribution >= 0.6 is 0 Å². The number of H-pyrrole nitrogens is 1. The van der Waals surface area contributed by atoms with Crippen LogP contribution in [0.15, 0.2) is 17.2 Å². The van der Waals surface area contributed by atoms with E-state index in [1.54, 1.807) is 17.3 Å². The molecule has 1 aliphatic rings. The number of carbonyl (C=O) groups is 1. The molecule has 6 nitrogen and oxygen atoms in total. The Kier molecular flexibility index (Phi) is 3.59. The second-order valence-corrected chi connectivity index (χ2v) is 5.76. The summed E-state index contributed by atoms with van der Waals surface area (Å²) in [5.41, 5.74) is 0.116. The molecule has 1 amide bonds. The van der Waals surface area contributed by atoms with Gasteiger partial charge in [0.25, 0.3) is 0 Å². The highest BCUT2D eigenvalue weighted by Gasteiger charge is 2.30. The van der Waals surface area contributed by atoms with Crippen LogP contribution in [-0.4, -0.2) is 39.7 Å². The van der Waals surface area contributed by atoms with Gasteiger partial charge in [0.15, 0.2) is 0 Å². The molecule has 1 unspecified atom stereocenters. The maximum atomic E-state index is 11.9. The van der Waals surface area contributed by atoms with Crippen LogP contribution in [0.2, 0.25) is 0 Å². The molecule has 2 heterocycles. The van der Waals surface area contributed by atoms with Crippen LogP contribution < -0.4 is 5.69 Å². The third-order valence-electron chi connectivity index (χ3n) is 3.00. The monoisotopic (exact) mass is 265 g/mol. The lowest BCUT2D eigenvalue weighted by atomic mass is 10.0. The first-order valence-electron chi connectivity index (χ1n) is 6.38. The molecule has 0 bridgehead atoms. The van der Waals surface area contributed by atoms with Gasteiger partial charge in [-0.1, -0.05) is 0 Å². The lowest BCUT2D eigenvalue weighted by molar-refractivity contribution is 0.0292. The fourth-order valence-electron chi connectivity index (χ4n) is 2.10. The number of likely N-dealkylation sites (tertiary alicyclic amines) is 1. The molecule has 1 aliphatic heterocycles. The highest BCUT2D eigenvalue weighted by Crippen LogP contribution is 2.26. The maximum Gasteiger partial charge on any atom is 0.410 e. The van der Waals surface area contributed by atoms with Gasteiger partial charge in [0.2, 0.25) is 0 Å². The highest BCUT2D eigenvalue weighted by atomic mass is 16.6. The van der Waals surface area contributed by atoms with E-state index in [0.717, 1.165) is 12.0 Å². The number of aromatic amines is 1. The van der Waals surface area contributed by atoms with Gasteiger partial charge >= 0.3 is 11.8 Å². The molecule has 0 aliphatic carbocycles. The molecule has 2 rings (SSSR count). The number of nitrogens with zero attached hydrogens (tertiary/aromatic N) is 2. The standard InChI is InChI=1S/C13H19N3O3/c1-13(2,3)19-12(18)16-5-4-9(8-16)10-6-14-11(17)15-7-10/h6-7,9H,4-5,8H2,1-3H3,(H,14,15,17). The van der Waals surface area contributed by atoms with Gasteiger partial charge in [-0.15, -0.1) is 0 Å². The molecular weight excluding hydrogens is 246 g/mol. The molecule has 1 saturated heterocycles. The van der Waals surface area contributed by atoms with Gasteiger partial charge in [0.1, 0.15) is 5.60 Å². The molecule has 0 spiro atoms. The van der Waals surface area contributed by atoms with Crippen LogP contribution in [-0.2, 0) is 4.74 Å². The van der Waals surface area contributed by atoms with Crippen molar-refractivity contribution < 1.29 is 9.53 Å². The van der Waals surface area contributed by atoms with Crippen LogP contribution in [0.1, 0.15) is 38.7 Å². The SMILES string of the molecule is CC(C)(C)OC(=O)N1CCC(c2cnc(=O)[nH]c2)C1. The molecule has 6 heteroatoms. The van der Waals surface area contributed by atoms with Crippen LogP contribution in [0.25, 0.3) is 0 Å². The minimum absolute atomic E-state index is 0.205. The zero-order chi connectivity index (χ0) is 14.0. The average Bonchev–Trinajstić information content (AvgIpc) is 2.77. The van der Waals surface area contributed by atoms with Crippen LogP contribution in [0.3, 0.4) is 0 Å². The Bertz CT molecular complexity index is 498. The number of hydrogen-bond acceptors (Lipinski definition) is 4. The topological polar surface area (TPSA) is 75.3 Å². The van der Waals surface area contributed by atoms with Gasteiger partial charge in [0, 0.05) is 31.4 Å². The summed E-state index contributed by atoms with van der Waals surface area (Å²) in [5, 5.41) is 0. The van der Waals surface area contributed by atoms with Gasteiger partial charge in [-0.2, -0.15) is 0 Å². The number of carbonyl (C=O) groups excluding carboxylic acids is 1. The Hall–Kier alpha value is -1.85.